The lowest BCUT2D eigenvalue weighted by atomic mass is 9.69. The van der Waals surface area contributed by atoms with E-state index in [1.807, 2.05) is 6.92 Å². The van der Waals surface area contributed by atoms with E-state index in [2.05, 4.69) is 19.6 Å². The summed E-state index contributed by atoms with van der Waals surface area (Å²) < 4.78 is 0. The van der Waals surface area contributed by atoms with E-state index in [4.69, 9.17) is 5.11 Å². The molecule has 90 valence electrons. The normalized spacial score (nSPS) is 38.4. The third-order valence-corrected chi connectivity index (χ3v) is 4.97. The quantitative estimate of drug-likeness (QED) is 0.716. The summed E-state index contributed by atoms with van der Waals surface area (Å²) in [7, 11) is 0. The van der Waals surface area contributed by atoms with Gasteiger partial charge in [0.25, 0.3) is 0 Å². The van der Waals surface area contributed by atoms with Gasteiger partial charge in [-0.05, 0) is 56.3 Å². The molecule has 0 spiro atoms. The van der Waals surface area contributed by atoms with Gasteiger partial charge < -0.3 is 5.11 Å². The lowest BCUT2D eigenvalue weighted by molar-refractivity contribution is 0.240. The van der Waals surface area contributed by atoms with Crippen LogP contribution in [0.2, 0.25) is 0 Å². The Morgan fingerprint density at radius 3 is 2.88 bits per heavy atom. The van der Waals surface area contributed by atoms with E-state index >= 15 is 0 Å². The molecule has 0 unspecified atom stereocenters. The fourth-order valence-corrected chi connectivity index (χ4v) is 3.65. The van der Waals surface area contributed by atoms with Gasteiger partial charge in [-0.2, -0.15) is 0 Å². The Balaban J connectivity index is 1.96. The van der Waals surface area contributed by atoms with E-state index in [0.717, 1.165) is 23.8 Å². The molecule has 0 heterocycles. The molecule has 1 N–H and O–H groups in total. The Morgan fingerprint density at radius 2 is 2.31 bits per heavy atom. The fourth-order valence-electron chi connectivity index (χ4n) is 3.65. The molecule has 0 aromatic carbocycles. The number of allylic oxidation sites excluding steroid dienone is 2. The lowest BCUT2D eigenvalue weighted by Gasteiger charge is -2.36. The molecule has 2 aliphatic carbocycles. The molecule has 2 rings (SSSR count). The van der Waals surface area contributed by atoms with Gasteiger partial charge in [0, 0.05) is 0 Å². The monoisotopic (exact) mass is 220 g/mol. The van der Waals surface area contributed by atoms with Crippen molar-refractivity contribution in [3.8, 4) is 0 Å². The van der Waals surface area contributed by atoms with Crippen molar-refractivity contribution in [2.75, 3.05) is 6.61 Å². The maximum Gasteiger partial charge on any atom is 0.0639 e. The van der Waals surface area contributed by atoms with Crippen LogP contribution in [0.25, 0.3) is 0 Å². The molecule has 2 bridgehead atoms. The summed E-state index contributed by atoms with van der Waals surface area (Å²) in [6, 6.07) is 0. The largest absolute Gasteiger partial charge is 0.392 e. The van der Waals surface area contributed by atoms with Crippen molar-refractivity contribution in [3.63, 3.8) is 0 Å². The summed E-state index contributed by atoms with van der Waals surface area (Å²) in [5.74, 6) is 1.70. The molecule has 0 radical (unpaired) electrons. The highest BCUT2D eigenvalue weighted by Gasteiger charge is 2.49. The van der Waals surface area contributed by atoms with E-state index < -0.39 is 0 Å². The summed E-state index contributed by atoms with van der Waals surface area (Å²) >= 11 is 0. The molecule has 0 aromatic heterocycles. The third-order valence-electron chi connectivity index (χ3n) is 4.97. The maximum absolute atomic E-state index is 8.96. The van der Waals surface area contributed by atoms with Crippen LogP contribution in [0, 0.1) is 17.3 Å². The smallest absolute Gasteiger partial charge is 0.0639 e. The van der Waals surface area contributed by atoms with Crippen LogP contribution in [0.5, 0.6) is 0 Å². The molecule has 0 aromatic rings. The van der Waals surface area contributed by atoms with Gasteiger partial charge in [-0.3, -0.25) is 0 Å². The van der Waals surface area contributed by atoms with Gasteiger partial charge >= 0.3 is 0 Å². The van der Waals surface area contributed by atoms with Crippen LogP contribution in [0.15, 0.2) is 23.8 Å². The van der Waals surface area contributed by atoms with Gasteiger partial charge in [0.1, 0.15) is 0 Å². The zero-order chi connectivity index (χ0) is 11.8. The Labute approximate surface area is 99.3 Å². The van der Waals surface area contributed by atoms with E-state index in [0.29, 0.717) is 5.41 Å². The number of aliphatic hydroxyl groups excluding tert-OH is 1. The van der Waals surface area contributed by atoms with Crippen molar-refractivity contribution in [1.82, 2.24) is 0 Å². The van der Waals surface area contributed by atoms with Crippen LogP contribution in [0.1, 0.15) is 46.0 Å². The van der Waals surface area contributed by atoms with Crippen molar-refractivity contribution < 1.29 is 5.11 Å². The topological polar surface area (TPSA) is 20.2 Å². The molecule has 0 amide bonds. The molecule has 2 saturated carbocycles. The van der Waals surface area contributed by atoms with E-state index in [1.54, 1.807) is 0 Å². The summed E-state index contributed by atoms with van der Waals surface area (Å²) in [5.41, 5.74) is 2.99. The minimum atomic E-state index is 0.198. The SMILES string of the molecule is C=C1[C@@H]2CC[C@@H](C2)[C@@]1(C)CC/C=C(/C)CO. The molecule has 3 atom stereocenters. The first kappa shape index (κ1) is 11.9. The van der Waals surface area contributed by atoms with Crippen LogP contribution in [-0.4, -0.2) is 11.7 Å². The minimum Gasteiger partial charge on any atom is -0.392 e. The van der Waals surface area contributed by atoms with Gasteiger partial charge in [-0.15, -0.1) is 0 Å². The summed E-state index contributed by atoms with van der Waals surface area (Å²) in [6.07, 6.45) is 8.66. The molecule has 1 heteroatoms. The Morgan fingerprint density at radius 1 is 1.56 bits per heavy atom. The van der Waals surface area contributed by atoms with Crippen molar-refractivity contribution in [2.24, 2.45) is 17.3 Å². The maximum atomic E-state index is 8.96. The van der Waals surface area contributed by atoms with Gasteiger partial charge in [-0.1, -0.05) is 30.7 Å². The van der Waals surface area contributed by atoms with Crippen molar-refractivity contribution in [3.05, 3.63) is 23.8 Å². The Bertz CT molecular complexity index is 315. The summed E-state index contributed by atoms with van der Waals surface area (Å²) in [4.78, 5) is 0. The predicted molar refractivity (Wildman–Crippen MR) is 68.2 cm³/mol. The third kappa shape index (κ3) is 1.86. The molecule has 0 aliphatic heterocycles. The Hall–Kier alpha value is -0.560. The second-order valence-corrected chi connectivity index (χ2v) is 5.90. The zero-order valence-electron chi connectivity index (χ0n) is 10.6. The van der Waals surface area contributed by atoms with Crippen LogP contribution in [0.3, 0.4) is 0 Å². The molecule has 2 aliphatic rings. The highest BCUT2D eigenvalue weighted by atomic mass is 16.3. The van der Waals surface area contributed by atoms with Gasteiger partial charge in [0.2, 0.25) is 0 Å². The first-order chi connectivity index (χ1) is 7.58. The van der Waals surface area contributed by atoms with Crippen molar-refractivity contribution in [2.45, 2.75) is 46.0 Å². The number of aliphatic hydroxyl groups is 1. The van der Waals surface area contributed by atoms with Gasteiger partial charge in [-0.25, -0.2) is 0 Å². The number of rotatable bonds is 4. The van der Waals surface area contributed by atoms with E-state index in [-0.39, 0.29) is 6.61 Å². The molecule has 0 saturated heterocycles. The lowest BCUT2D eigenvalue weighted by Crippen LogP contribution is -2.26. The summed E-state index contributed by atoms with van der Waals surface area (Å²) in [6.45, 7) is 8.94. The molecular formula is C15H24O. The van der Waals surface area contributed by atoms with Crippen LogP contribution in [-0.2, 0) is 0 Å². The first-order valence-corrected chi connectivity index (χ1v) is 6.53. The van der Waals surface area contributed by atoms with Gasteiger partial charge in [0.15, 0.2) is 0 Å². The van der Waals surface area contributed by atoms with E-state index in [1.165, 1.54) is 31.3 Å². The highest BCUT2D eigenvalue weighted by molar-refractivity contribution is 5.24. The highest BCUT2D eigenvalue weighted by Crippen LogP contribution is 2.60. The number of hydrogen-bond donors (Lipinski definition) is 1. The van der Waals surface area contributed by atoms with Crippen LogP contribution < -0.4 is 0 Å². The van der Waals surface area contributed by atoms with E-state index in [9.17, 15) is 0 Å². The molecule has 2 fully saturated rings. The van der Waals surface area contributed by atoms with Crippen LogP contribution in [0.4, 0.5) is 0 Å². The number of fused-ring (bicyclic) bond motifs is 2. The van der Waals surface area contributed by atoms with Crippen molar-refractivity contribution in [1.29, 1.82) is 0 Å². The Kier molecular flexibility index (Phi) is 3.25. The first-order valence-electron chi connectivity index (χ1n) is 6.53. The molecular weight excluding hydrogens is 196 g/mol. The molecule has 16 heavy (non-hydrogen) atoms. The second-order valence-electron chi connectivity index (χ2n) is 5.90. The van der Waals surface area contributed by atoms with Gasteiger partial charge in [0.05, 0.1) is 6.61 Å². The zero-order valence-corrected chi connectivity index (χ0v) is 10.6. The minimum absolute atomic E-state index is 0.198. The average Bonchev–Trinajstić information content (AvgIpc) is 2.83. The van der Waals surface area contributed by atoms with Crippen molar-refractivity contribution >= 4 is 0 Å². The predicted octanol–water partition coefficient (Wildman–Crippen LogP) is 3.70. The number of hydrogen-bond acceptors (Lipinski definition) is 1. The van der Waals surface area contributed by atoms with Crippen LogP contribution >= 0.6 is 0 Å². The summed E-state index contributed by atoms with van der Waals surface area (Å²) in [5, 5.41) is 8.96. The standard InChI is InChI=1S/C15H24O/c1-11(10-16)5-4-8-15(3)12(2)13-6-7-14(15)9-13/h5,13-14,16H,2,4,6-10H2,1,3H3/b11-5-/t13-,14+,15+/m1/s1. The average molecular weight is 220 g/mol. The second kappa shape index (κ2) is 4.37. The fraction of sp³-hybridized carbons (Fsp3) is 0.733. The molecule has 1 nitrogen and oxygen atoms in total.